The number of methoxy groups -OCH3 is 1. The van der Waals surface area contributed by atoms with Crippen LogP contribution in [0.3, 0.4) is 0 Å². The number of carbonyl (C=O) groups excluding carboxylic acids is 1. The molecule has 0 saturated heterocycles. The summed E-state index contributed by atoms with van der Waals surface area (Å²) in [6, 6.07) is 14.8. The van der Waals surface area contributed by atoms with Gasteiger partial charge in [-0.25, -0.2) is 8.42 Å². The second-order valence-electron chi connectivity index (χ2n) is 6.81. The van der Waals surface area contributed by atoms with Crippen LogP contribution in [0.2, 0.25) is 0 Å². The van der Waals surface area contributed by atoms with E-state index in [2.05, 4.69) is 5.32 Å². The maximum absolute atomic E-state index is 12.3. The average molecular weight is 405 g/mol. The molecule has 1 amide bonds. The Labute approximate surface area is 167 Å². The number of hydrogen-bond acceptors (Lipinski definition) is 4. The first-order chi connectivity index (χ1) is 13.2. The SMILES string of the molecule is COc1ccccc1N(CCCC(=O)N[C@H](C)c1ccc(C)cc1)S(C)(=O)=O. The molecule has 2 rings (SSSR count). The summed E-state index contributed by atoms with van der Waals surface area (Å²) < 4.78 is 31.0. The third kappa shape index (κ3) is 5.99. The molecule has 28 heavy (non-hydrogen) atoms. The molecule has 0 saturated carbocycles. The van der Waals surface area contributed by atoms with Gasteiger partial charge in [-0.15, -0.1) is 0 Å². The molecule has 0 aliphatic heterocycles. The highest BCUT2D eigenvalue weighted by Gasteiger charge is 2.21. The molecule has 0 unspecified atom stereocenters. The van der Waals surface area contributed by atoms with Crippen LogP contribution in [0.15, 0.2) is 48.5 Å². The molecule has 1 N–H and O–H groups in total. The fourth-order valence-corrected chi connectivity index (χ4v) is 3.90. The van der Waals surface area contributed by atoms with Crippen LogP contribution in [-0.2, 0) is 14.8 Å². The van der Waals surface area contributed by atoms with Crippen LogP contribution in [0.5, 0.6) is 5.75 Å². The second kappa shape index (κ2) is 9.59. The zero-order valence-electron chi connectivity index (χ0n) is 16.8. The molecule has 0 aromatic heterocycles. The van der Waals surface area contributed by atoms with Crippen molar-refractivity contribution >= 4 is 21.6 Å². The molecule has 0 heterocycles. The summed E-state index contributed by atoms with van der Waals surface area (Å²) in [4.78, 5) is 12.3. The van der Waals surface area contributed by atoms with Crippen LogP contribution in [-0.4, -0.2) is 34.2 Å². The normalized spacial score (nSPS) is 12.3. The van der Waals surface area contributed by atoms with Crippen molar-refractivity contribution in [1.29, 1.82) is 0 Å². The van der Waals surface area contributed by atoms with Crippen LogP contribution in [0, 0.1) is 6.92 Å². The van der Waals surface area contributed by atoms with E-state index >= 15 is 0 Å². The van der Waals surface area contributed by atoms with Gasteiger partial charge in [-0.1, -0.05) is 42.0 Å². The van der Waals surface area contributed by atoms with Gasteiger partial charge in [0.15, 0.2) is 0 Å². The molecular formula is C21H28N2O4S. The Morgan fingerprint density at radius 3 is 2.39 bits per heavy atom. The molecule has 0 radical (unpaired) electrons. The summed E-state index contributed by atoms with van der Waals surface area (Å²) >= 11 is 0. The minimum absolute atomic E-state index is 0.103. The third-order valence-electron chi connectivity index (χ3n) is 4.47. The lowest BCUT2D eigenvalue weighted by atomic mass is 10.1. The van der Waals surface area contributed by atoms with Gasteiger partial charge in [-0.05, 0) is 38.0 Å². The lowest BCUT2D eigenvalue weighted by molar-refractivity contribution is -0.121. The molecule has 2 aromatic carbocycles. The largest absolute Gasteiger partial charge is 0.495 e. The van der Waals surface area contributed by atoms with E-state index in [1.54, 1.807) is 24.3 Å². The van der Waals surface area contributed by atoms with Crippen molar-refractivity contribution < 1.29 is 17.9 Å². The Bertz CT molecular complexity index is 895. The van der Waals surface area contributed by atoms with Crippen molar-refractivity contribution in [1.82, 2.24) is 5.32 Å². The van der Waals surface area contributed by atoms with Crippen molar-refractivity contribution in [3.05, 3.63) is 59.7 Å². The van der Waals surface area contributed by atoms with E-state index < -0.39 is 10.0 Å². The number of para-hydroxylation sites is 2. The summed E-state index contributed by atoms with van der Waals surface area (Å²) in [5.41, 5.74) is 2.67. The van der Waals surface area contributed by atoms with Crippen molar-refractivity contribution in [3.63, 3.8) is 0 Å². The minimum atomic E-state index is -3.50. The molecular weight excluding hydrogens is 376 g/mol. The lowest BCUT2D eigenvalue weighted by Crippen LogP contribution is -2.32. The highest BCUT2D eigenvalue weighted by atomic mass is 32.2. The fraction of sp³-hybridized carbons (Fsp3) is 0.381. The number of benzene rings is 2. The Morgan fingerprint density at radius 1 is 1.14 bits per heavy atom. The average Bonchev–Trinajstić information content (AvgIpc) is 2.64. The number of ether oxygens (including phenoxy) is 1. The van der Waals surface area contributed by atoms with E-state index in [4.69, 9.17) is 4.74 Å². The van der Waals surface area contributed by atoms with Crippen molar-refractivity contribution in [2.75, 3.05) is 24.2 Å². The van der Waals surface area contributed by atoms with Crippen molar-refractivity contribution in [3.8, 4) is 5.75 Å². The number of anilines is 1. The van der Waals surface area contributed by atoms with Gasteiger partial charge >= 0.3 is 0 Å². The molecule has 0 spiro atoms. The zero-order valence-corrected chi connectivity index (χ0v) is 17.6. The predicted octanol–water partition coefficient (Wildman–Crippen LogP) is 3.43. The molecule has 0 fully saturated rings. The topological polar surface area (TPSA) is 75.7 Å². The Kier molecular flexibility index (Phi) is 7.45. The standard InChI is InChI=1S/C21H28N2O4S/c1-16-11-13-18(14-12-16)17(2)22-21(24)10-7-15-23(28(4,25)26)19-8-5-6-9-20(19)27-3/h5-6,8-9,11-14,17H,7,10,15H2,1-4H3,(H,22,24)/t17-/m1/s1. The Balaban J connectivity index is 1.96. The van der Waals surface area contributed by atoms with Crippen LogP contribution < -0.4 is 14.4 Å². The van der Waals surface area contributed by atoms with Crippen LogP contribution in [0.25, 0.3) is 0 Å². The molecule has 0 aliphatic carbocycles. The van der Waals surface area contributed by atoms with E-state index in [-0.39, 0.29) is 24.9 Å². The Morgan fingerprint density at radius 2 is 1.79 bits per heavy atom. The van der Waals surface area contributed by atoms with E-state index in [1.165, 1.54) is 17.0 Å². The number of carbonyl (C=O) groups is 1. The number of amides is 1. The smallest absolute Gasteiger partial charge is 0.232 e. The zero-order chi connectivity index (χ0) is 20.7. The van der Waals surface area contributed by atoms with Crippen molar-refractivity contribution in [2.45, 2.75) is 32.7 Å². The predicted molar refractivity (Wildman–Crippen MR) is 112 cm³/mol. The van der Waals surface area contributed by atoms with Gasteiger partial charge in [0, 0.05) is 13.0 Å². The monoisotopic (exact) mass is 404 g/mol. The summed E-state index contributed by atoms with van der Waals surface area (Å²) in [6.45, 7) is 4.15. The summed E-state index contributed by atoms with van der Waals surface area (Å²) in [6.07, 6.45) is 1.79. The van der Waals surface area contributed by atoms with Gasteiger partial charge in [0.05, 0.1) is 25.1 Å². The van der Waals surface area contributed by atoms with Gasteiger partial charge in [0.25, 0.3) is 0 Å². The lowest BCUT2D eigenvalue weighted by Gasteiger charge is -2.24. The number of aryl methyl sites for hydroxylation is 1. The Hall–Kier alpha value is -2.54. The van der Waals surface area contributed by atoms with Gasteiger partial charge in [0.2, 0.25) is 15.9 Å². The molecule has 7 heteroatoms. The van der Waals surface area contributed by atoms with Gasteiger partial charge < -0.3 is 10.1 Å². The quantitative estimate of drug-likeness (QED) is 0.695. The highest BCUT2D eigenvalue weighted by Crippen LogP contribution is 2.29. The maximum atomic E-state index is 12.3. The van der Waals surface area contributed by atoms with Crippen LogP contribution >= 0.6 is 0 Å². The fourth-order valence-electron chi connectivity index (χ4n) is 2.94. The number of sulfonamides is 1. The first-order valence-corrected chi connectivity index (χ1v) is 11.0. The van der Waals surface area contributed by atoms with Gasteiger partial charge in [0.1, 0.15) is 5.75 Å². The van der Waals surface area contributed by atoms with Crippen molar-refractivity contribution in [2.24, 2.45) is 0 Å². The number of hydrogen-bond donors (Lipinski definition) is 1. The number of rotatable bonds is 9. The van der Waals surface area contributed by atoms with Gasteiger partial charge in [-0.2, -0.15) is 0 Å². The maximum Gasteiger partial charge on any atom is 0.232 e. The number of nitrogens with zero attached hydrogens (tertiary/aromatic N) is 1. The molecule has 1 atom stereocenters. The minimum Gasteiger partial charge on any atom is -0.495 e. The molecule has 0 bridgehead atoms. The van der Waals surface area contributed by atoms with Crippen LogP contribution in [0.1, 0.15) is 36.9 Å². The van der Waals surface area contributed by atoms with Gasteiger partial charge in [-0.3, -0.25) is 9.10 Å². The molecule has 2 aromatic rings. The second-order valence-corrected chi connectivity index (χ2v) is 8.72. The van der Waals surface area contributed by atoms with E-state index in [0.29, 0.717) is 17.9 Å². The third-order valence-corrected chi connectivity index (χ3v) is 5.65. The molecule has 6 nitrogen and oxygen atoms in total. The number of nitrogens with one attached hydrogen (secondary N) is 1. The highest BCUT2D eigenvalue weighted by molar-refractivity contribution is 7.92. The van der Waals surface area contributed by atoms with E-state index in [0.717, 1.165) is 11.8 Å². The van der Waals surface area contributed by atoms with E-state index in [1.807, 2.05) is 38.1 Å². The molecule has 152 valence electrons. The summed E-state index contributed by atoms with van der Waals surface area (Å²) in [5.74, 6) is 0.368. The first-order valence-electron chi connectivity index (χ1n) is 9.19. The summed E-state index contributed by atoms with van der Waals surface area (Å²) in [5, 5.41) is 2.96. The van der Waals surface area contributed by atoms with E-state index in [9.17, 15) is 13.2 Å². The first kappa shape index (κ1) is 21.8. The van der Waals surface area contributed by atoms with Crippen LogP contribution in [0.4, 0.5) is 5.69 Å². The summed E-state index contributed by atoms with van der Waals surface area (Å²) in [7, 11) is -2.00. The molecule has 0 aliphatic rings.